The average Bonchev–Trinajstić information content (AvgIpc) is 3.69. The van der Waals surface area contributed by atoms with Gasteiger partial charge in [-0.05, 0) is 42.8 Å². The Morgan fingerprint density at radius 3 is 2.68 bits per heavy atom. The highest BCUT2D eigenvalue weighted by molar-refractivity contribution is 6.31. The largest absolute Gasteiger partial charge is 0.489 e. The van der Waals surface area contributed by atoms with Gasteiger partial charge in [-0.1, -0.05) is 60.1 Å². The fourth-order valence-corrected chi connectivity index (χ4v) is 4.41. The zero-order chi connectivity index (χ0) is 28.4. The van der Waals surface area contributed by atoms with Gasteiger partial charge in [-0.15, -0.1) is 0 Å². The lowest BCUT2D eigenvalue weighted by Gasteiger charge is -2.09. The molecule has 0 aliphatic heterocycles. The number of hydrogen-bond acceptors (Lipinski definition) is 5. The zero-order valence-corrected chi connectivity index (χ0v) is 22.9. The van der Waals surface area contributed by atoms with Crippen molar-refractivity contribution >= 4 is 23.6 Å². The molecule has 0 saturated carbocycles. The maximum absolute atomic E-state index is 12.9. The van der Waals surface area contributed by atoms with E-state index in [4.69, 9.17) is 21.4 Å². The number of halogens is 1. The Labute approximate surface area is 243 Å². The third kappa shape index (κ3) is 7.10. The fraction of sp³-hybridized carbons (Fsp3) is 0.125. The minimum Gasteiger partial charge on any atom is -0.489 e. The van der Waals surface area contributed by atoms with Crippen LogP contribution in [0.3, 0.4) is 0 Å². The number of nitrogens with one attached hydrogen (secondary N) is 1. The maximum Gasteiger partial charge on any atom is 0.261 e. The second kappa shape index (κ2) is 13.3. The van der Waals surface area contributed by atoms with E-state index in [-0.39, 0.29) is 5.57 Å². The van der Waals surface area contributed by atoms with Crippen LogP contribution >= 0.6 is 11.6 Å². The molecule has 0 fully saturated rings. The van der Waals surface area contributed by atoms with Gasteiger partial charge in [0.1, 0.15) is 29.7 Å². The number of aromatic nitrogens is 4. The predicted molar refractivity (Wildman–Crippen MR) is 158 cm³/mol. The summed E-state index contributed by atoms with van der Waals surface area (Å²) >= 11 is 6.29. The second-order valence-corrected chi connectivity index (χ2v) is 9.61. The Hall–Kier alpha value is -5.13. The summed E-state index contributed by atoms with van der Waals surface area (Å²) in [6.07, 6.45) is 9.40. The van der Waals surface area contributed by atoms with Crippen molar-refractivity contribution in [1.82, 2.24) is 24.6 Å². The molecule has 41 heavy (non-hydrogen) atoms. The second-order valence-electron chi connectivity index (χ2n) is 9.20. The normalized spacial score (nSPS) is 11.2. The molecule has 1 N–H and O–H groups in total. The van der Waals surface area contributed by atoms with Crippen molar-refractivity contribution in [2.45, 2.75) is 19.6 Å². The lowest BCUT2D eigenvalue weighted by atomic mass is 10.1. The highest BCUT2D eigenvalue weighted by Gasteiger charge is 2.16. The van der Waals surface area contributed by atoms with Crippen molar-refractivity contribution in [3.8, 4) is 28.8 Å². The van der Waals surface area contributed by atoms with Crippen LogP contribution in [0, 0.1) is 11.3 Å². The van der Waals surface area contributed by atoms with Crippen molar-refractivity contribution in [3.05, 3.63) is 126 Å². The molecule has 8 nitrogen and oxygen atoms in total. The van der Waals surface area contributed by atoms with Crippen molar-refractivity contribution in [3.63, 3.8) is 0 Å². The van der Waals surface area contributed by atoms with Crippen LogP contribution in [-0.4, -0.2) is 31.8 Å². The highest BCUT2D eigenvalue weighted by atomic mass is 35.5. The van der Waals surface area contributed by atoms with Crippen LogP contribution in [0.25, 0.3) is 23.0 Å². The molecule has 0 aliphatic rings. The van der Waals surface area contributed by atoms with E-state index >= 15 is 0 Å². The number of aryl methyl sites for hydroxylation is 1. The fourth-order valence-electron chi connectivity index (χ4n) is 4.22. The molecule has 204 valence electrons. The summed E-state index contributed by atoms with van der Waals surface area (Å²) in [5.41, 5.74) is 3.74. The van der Waals surface area contributed by atoms with Gasteiger partial charge in [0.15, 0.2) is 0 Å². The molecule has 9 heteroatoms. The molecule has 0 saturated heterocycles. The van der Waals surface area contributed by atoms with Crippen LogP contribution in [0.2, 0.25) is 5.02 Å². The third-order valence-electron chi connectivity index (χ3n) is 6.33. The molecule has 3 aromatic carbocycles. The number of nitrogens with zero attached hydrogens (tertiary/aromatic N) is 5. The lowest BCUT2D eigenvalue weighted by Crippen LogP contribution is -2.26. The van der Waals surface area contributed by atoms with E-state index in [1.54, 1.807) is 23.3 Å². The van der Waals surface area contributed by atoms with E-state index in [0.717, 1.165) is 23.4 Å². The topological polar surface area (TPSA) is 97.8 Å². The van der Waals surface area contributed by atoms with Gasteiger partial charge in [0, 0.05) is 53.4 Å². The first-order valence-electron chi connectivity index (χ1n) is 13.1. The summed E-state index contributed by atoms with van der Waals surface area (Å²) in [5.74, 6) is 0.205. The Morgan fingerprint density at radius 1 is 1.07 bits per heavy atom. The number of nitriles is 1. The van der Waals surface area contributed by atoms with Gasteiger partial charge < -0.3 is 14.6 Å². The van der Waals surface area contributed by atoms with Crippen molar-refractivity contribution in [1.29, 1.82) is 5.26 Å². The van der Waals surface area contributed by atoms with Gasteiger partial charge in [-0.3, -0.25) is 4.79 Å². The minimum absolute atomic E-state index is 0.00684. The van der Waals surface area contributed by atoms with Crippen LogP contribution in [0.15, 0.2) is 109 Å². The van der Waals surface area contributed by atoms with Crippen molar-refractivity contribution in [2.24, 2.45) is 0 Å². The Kier molecular flexibility index (Phi) is 8.89. The summed E-state index contributed by atoms with van der Waals surface area (Å²) in [4.78, 5) is 16.9. The van der Waals surface area contributed by atoms with Crippen molar-refractivity contribution in [2.75, 3.05) is 6.54 Å². The van der Waals surface area contributed by atoms with Crippen LogP contribution in [0.4, 0.5) is 0 Å². The number of hydrogen-bond donors (Lipinski definition) is 1. The molecule has 5 rings (SSSR count). The van der Waals surface area contributed by atoms with Crippen LogP contribution in [0.5, 0.6) is 5.75 Å². The van der Waals surface area contributed by atoms with Gasteiger partial charge in [0.2, 0.25) is 0 Å². The molecule has 0 aliphatic carbocycles. The van der Waals surface area contributed by atoms with Gasteiger partial charge in [-0.25, -0.2) is 9.67 Å². The first-order valence-corrected chi connectivity index (χ1v) is 13.5. The summed E-state index contributed by atoms with van der Waals surface area (Å²) in [6, 6.07) is 26.8. The first-order chi connectivity index (χ1) is 20.1. The molecule has 0 atom stereocenters. The number of imidazole rings is 1. The molecule has 0 bridgehead atoms. The number of carbonyl (C=O) groups is 1. The summed E-state index contributed by atoms with van der Waals surface area (Å²) in [6.45, 7) is 1.46. The Balaban J connectivity index is 1.40. The molecule has 0 spiro atoms. The molecule has 0 unspecified atom stereocenters. The van der Waals surface area contributed by atoms with Gasteiger partial charge in [-0.2, -0.15) is 10.4 Å². The number of benzene rings is 3. The smallest absolute Gasteiger partial charge is 0.261 e. The summed E-state index contributed by atoms with van der Waals surface area (Å²) in [7, 11) is 0. The van der Waals surface area contributed by atoms with Crippen molar-refractivity contribution < 1.29 is 9.53 Å². The number of rotatable bonds is 11. The SMILES string of the molecule is N#C/C(=C\c1cn(-c2ccccc2)nc1-c1cccc(OCc2ccccc2Cl)c1)C(=O)NCCCn1ccnc1. The quantitative estimate of drug-likeness (QED) is 0.119. The molecule has 2 heterocycles. The van der Waals surface area contributed by atoms with E-state index in [0.29, 0.717) is 41.6 Å². The van der Waals surface area contributed by atoms with E-state index < -0.39 is 5.91 Å². The zero-order valence-electron chi connectivity index (χ0n) is 22.2. The predicted octanol–water partition coefficient (Wildman–Crippen LogP) is 6.08. The first kappa shape index (κ1) is 27.4. The van der Waals surface area contributed by atoms with E-state index in [1.165, 1.54) is 0 Å². The molecular weight excluding hydrogens is 536 g/mol. The van der Waals surface area contributed by atoms with Gasteiger partial charge in [0.05, 0.1) is 12.0 Å². The van der Waals surface area contributed by atoms with E-state index in [1.807, 2.05) is 102 Å². The standard InChI is InChI=1S/C32H27ClN6O2/c33-30-13-5-4-8-25(30)22-41-29-12-6-9-24(19-29)31-27(21-39(37-31)28-10-2-1-3-11-28)18-26(20-34)32(40)36-14-7-16-38-17-15-35-23-38/h1-6,8-13,15,17-19,21,23H,7,14,16,22H2,(H,36,40)/b26-18+. The molecule has 1 amide bonds. The molecule has 2 aromatic heterocycles. The van der Waals surface area contributed by atoms with E-state index in [2.05, 4.69) is 10.3 Å². The molecule has 0 radical (unpaired) electrons. The highest BCUT2D eigenvalue weighted by Crippen LogP contribution is 2.29. The minimum atomic E-state index is -0.437. The monoisotopic (exact) mass is 562 g/mol. The summed E-state index contributed by atoms with van der Waals surface area (Å²) in [5, 5.41) is 18.1. The Morgan fingerprint density at radius 2 is 1.90 bits per heavy atom. The van der Waals surface area contributed by atoms with Crippen LogP contribution in [0.1, 0.15) is 17.5 Å². The summed E-state index contributed by atoms with van der Waals surface area (Å²) < 4.78 is 9.70. The number of para-hydroxylation sites is 1. The number of carbonyl (C=O) groups excluding carboxylic acids is 1. The van der Waals surface area contributed by atoms with E-state index in [9.17, 15) is 10.1 Å². The Bertz CT molecular complexity index is 1690. The number of amides is 1. The molecular formula is C32H27ClN6O2. The van der Waals surface area contributed by atoms with Gasteiger partial charge in [0.25, 0.3) is 5.91 Å². The maximum atomic E-state index is 12.9. The van der Waals surface area contributed by atoms with Gasteiger partial charge >= 0.3 is 0 Å². The lowest BCUT2D eigenvalue weighted by molar-refractivity contribution is -0.117. The third-order valence-corrected chi connectivity index (χ3v) is 6.69. The number of ether oxygens (including phenoxy) is 1. The van der Waals surface area contributed by atoms with Crippen LogP contribution in [-0.2, 0) is 17.9 Å². The van der Waals surface area contributed by atoms with Crippen LogP contribution < -0.4 is 10.1 Å². The molecule has 5 aromatic rings. The average molecular weight is 563 g/mol.